The lowest BCUT2D eigenvalue weighted by molar-refractivity contribution is -0.123. The molecule has 0 bridgehead atoms. The van der Waals surface area contributed by atoms with Gasteiger partial charge in [0.25, 0.3) is 5.91 Å². The molecule has 1 atom stereocenters. The van der Waals surface area contributed by atoms with Crippen molar-refractivity contribution in [1.82, 2.24) is 0 Å². The molecule has 0 unspecified atom stereocenters. The molecule has 0 fully saturated rings. The first kappa shape index (κ1) is 18.3. The van der Waals surface area contributed by atoms with Gasteiger partial charge in [-0.15, -0.1) is 0 Å². The number of carbonyl (C=O) groups excluding carboxylic acids is 3. The highest BCUT2D eigenvalue weighted by Crippen LogP contribution is 2.20. The van der Waals surface area contributed by atoms with Gasteiger partial charge < -0.3 is 10.1 Å². The molecule has 3 aromatic carbocycles. The monoisotopic (exact) mass is 361 g/mol. The van der Waals surface area contributed by atoms with Gasteiger partial charge in [-0.25, -0.2) is 4.79 Å². The van der Waals surface area contributed by atoms with Crippen molar-refractivity contribution in [2.24, 2.45) is 0 Å². The number of ketones is 1. The minimum absolute atomic E-state index is 0.0507. The Bertz CT molecular complexity index is 1000. The van der Waals surface area contributed by atoms with Crippen molar-refractivity contribution in [3.8, 4) is 0 Å². The number of ether oxygens (including phenoxy) is 1. The summed E-state index contributed by atoms with van der Waals surface area (Å²) in [4.78, 5) is 36.1. The second-order valence-electron chi connectivity index (χ2n) is 6.20. The molecule has 5 nitrogen and oxygen atoms in total. The molecule has 0 heterocycles. The smallest absolute Gasteiger partial charge is 0.339 e. The average Bonchev–Trinajstić information content (AvgIpc) is 2.67. The van der Waals surface area contributed by atoms with Crippen LogP contribution in [0.3, 0.4) is 0 Å². The minimum atomic E-state index is -0.969. The number of hydrogen-bond donors (Lipinski definition) is 1. The van der Waals surface area contributed by atoms with Gasteiger partial charge >= 0.3 is 5.97 Å². The summed E-state index contributed by atoms with van der Waals surface area (Å²) in [7, 11) is 0. The summed E-state index contributed by atoms with van der Waals surface area (Å²) in [5, 5.41) is 4.38. The molecule has 3 rings (SSSR count). The average molecular weight is 361 g/mol. The second kappa shape index (κ2) is 7.83. The van der Waals surface area contributed by atoms with Crippen LogP contribution in [-0.2, 0) is 9.53 Å². The van der Waals surface area contributed by atoms with Gasteiger partial charge in [-0.3, -0.25) is 9.59 Å². The highest BCUT2D eigenvalue weighted by Gasteiger charge is 2.20. The fourth-order valence-electron chi connectivity index (χ4n) is 2.71. The molecule has 3 aromatic rings. The van der Waals surface area contributed by atoms with Gasteiger partial charge in [0, 0.05) is 11.3 Å². The molecule has 0 saturated carbocycles. The number of carbonyl (C=O) groups is 3. The Balaban J connectivity index is 1.68. The first-order valence-electron chi connectivity index (χ1n) is 8.56. The molecule has 1 N–H and O–H groups in total. The molecule has 0 spiro atoms. The molecule has 27 heavy (non-hydrogen) atoms. The molecule has 0 radical (unpaired) electrons. The molecular weight excluding hydrogens is 342 g/mol. The molecule has 0 aliphatic carbocycles. The number of fused-ring (bicyclic) bond motifs is 1. The summed E-state index contributed by atoms with van der Waals surface area (Å²) in [6.07, 6.45) is -0.969. The second-order valence-corrected chi connectivity index (χ2v) is 6.20. The van der Waals surface area contributed by atoms with E-state index in [0.717, 1.165) is 10.8 Å². The number of anilines is 1. The van der Waals surface area contributed by atoms with Crippen LogP contribution in [0.1, 0.15) is 34.6 Å². The van der Waals surface area contributed by atoms with E-state index in [-0.39, 0.29) is 5.78 Å². The number of Topliss-reactive ketones (excluding diaryl/α,β-unsaturated/α-hetero) is 1. The summed E-state index contributed by atoms with van der Waals surface area (Å²) < 4.78 is 5.34. The van der Waals surface area contributed by atoms with Crippen LogP contribution in [0, 0.1) is 0 Å². The Morgan fingerprint density at radius 1 is 0.889 bits per heavy atom. The van der Waals surface area contributed by atoms with E-state index in [9.17, 15) is 14.4 Å². The lowest BCUT2D eigenvalue weighted by Crippen LogP contribution is -2.30. The lowest BCUT2D eigenvalue weighted by atomic mass is 10.0. The number of hydrogen-bond acceptors (Lipinski definition) is 4. The largest absolute Gasteiger partial charge is 0.449 e. The van der Waals surface area contributed by atoms with Crippen LogP contribution >= 0.6 is 0 Å². The zero-order valence-corrected chi connectivity index (χ0v) is 15.1. The Kier molecular flexibility index (Phi) is 5.31. The number of esters is 1. The molecule has 0 aliphatic heterocycles. The minimum Gasteiger partial charge on any atom is -0.449 e. The van der Waals surface area contributed by atoms with Crippen LogP contribution in [0.5, 0.6) is 0 Å². The Morgan fingerprint density at radius 3 is 2.26 bits per heavy atom. The summed E-state index contributed by atoms with van der Waals surface area (Å²) in [6.45, 7) is 2.99. The summed E-state index contributed by atoms with van der Waals surface area (Å²) in [6, 6.07) is 19.4. The van der Waals surface area contributed by atoms with E-state index >= 15 is 0 Å². The van der Waals surface area contributed by atoms with Crippen LogP contribution in [0.4, 0.5) is 5.69 Å². The first-order chi connectivity index (χ1) is 13.0. The molecule has 0 aliphatic rings. The van der Waals surface area contributed by atoms with Crippen LogP contribution in [0.25, 0.3) is 10.8 Å². The van der Waals surface area contributed by atoms with Crippen LogP contribution in [-0.4, -0.2) is 23.8 Å². The van der Waals surface area contributed by atoms with E-state index in [2.05, 4.69) is 5.32 Å². The van der Waals surface area contributed by atoms with Crippen molar-refractivity contribution < 1.29 is 19.1 Å². The maximum atomic E-state index is 12.5. The normalized spacial score (nSPS) is 11.6. The van der Waals surface area contributed by atoms with E-state index in [1.807, 2.05) is 30.3 Å². The Morgan fingerprint density at radius 2 is 1.56 bits per heavy atom. The van der Waals surface area contributed by atoms with E-state index < -0.39 is 18.0 Å². The zero-order chi connectivity index (χ0) is 19.4. The highest BCUT2D eigenvalue weighted by atomic mass is 16.5. The van der Waals surface area contributed by atoms with Crippen LogP contribution < -0.4 is 5.32 Å². The van der Waals surface area contributed by atoms with Crippen molar-refractivity contribution in [3.05, 3.63) is 77.9 Å². The fraction of sp³-hybridized carbons (Fsp3) is 0.136. The topological polar surface area (TPSA) is 72.5 Å². The highest BCUT2D eigenvalue weighted by molar-refractivity contribution is 6.05. The van der Waals surface area contributed by atoms with Crippen molar-refractivity contribution >= 4 is 34.1 Å². The molecule has 1 amide bonds. The van der Waals surface area contributed by atoms with Gasteiger partial charge in [0.05, 0.1) is 5.56 Å². The van der Waals surface area contributed by atoms with Crippen LogP contribution in [0.2, 0.25) is 0 Å². The van der Waals surface area contributed by atoms with E-state index in [1.54, 1.807) is 36.4 Å². The summed E-state index contributed by atoms with van der Waals surface area (Å²) >= 11 is 0. The molecule has 0 saturated heterocycles. The number of rotatable bonds is 5. The van der Waals surface area contributed by atoms with Gasteiger partial charge in [-0.1, -0.05) is 36.4 Å². The van der Waals surface area contributed by atoms with Crippen molar-refractivity contribution in [2.75, 3.05) is 5.32 Å². The number of amides is 1. The Labute approximate surface area is 157 Å². The molecule has 5 heteroatoms. The van der Waals surface area contributed by atoms with Crippen molar-refractivity contribution in [2.45, 2.75) is 20.0 Å². The maximum absolute atomic E-state index is 12.5. The molecule has 136 valence electrons. The first-order valence-corrected chi connectivity index (χ1v) is 8.56. The maximum Gasteiger partial charge on any atom is 0.339 e. The zero-order valence-electron chi connectivity index (χ0n) is 15.1. The van der Waals surface area contributed by atoms with E-state index in [0.29, 0.717) is 16.8 Å². The van der Waals surface area contributed by atoms with Gasteiger partial charge in [0.1, 0.15) is 0 Å². The molecule has 0 aromatic heterocycles. The quantitative estimate of drug-likeness (QED) is 0.545. The van der Waals surface area contributed by atoms with Gasteiger partial charge in [-0.05, 0) is 55.0 Å². The van der Waals surface area contributed by atoms with Gasteiger partial charge in [-0.2, -0.15) is 0 Å². The fourth-order valence-corrected chi connectivity index (χ4v) is 2.71. The predicted molar refractivity (Wildman–Crippen MR) is 104 cm³/mol. The molecular formula is C22H19NO4. The summed E-state index contributed by atoms with van der Waals surface area (Å²) in [5.41, 5.74) is 1.50. The van der Waals surface area contributed by atoms with Gasteiger partial charge in [0.2, 0.25) is 0 Å². The Hall–Kier alpha value is -3.47. The number of nitrogens with one attached hydrogen (secondary N) is 1. The van der Waals surface area contributed by atoms with E-state index in [1.165, 1.54) is 13.8 Å². The third-order valence-electron chi connectivity index (χ3n) is 4.22. The predicted octanol–water partition coefficient (Wildman–Crippen LogP) is 4.23. The number of benzene rings is 3. The third kappa shape index (κ3) is 4.20. The van der Waals surface area contributed by atoms with Crippen LogP contribution in [0.15, 0.2) is 66.7 Å². The standard InChI is InChI=1S/C22H19NO4/c1-14(24)16-10-12-18(13-11-16)23-21(25)15(2)27-22(26)20-9-5-7-17-6-3-4-8-19(17)20/h3-13,15H,1-2H3,(H,23,25)/t15-/m0/s1. The SMILES string of the molecule is CC(=O)c1ccc(NC(=O)[C@H](C)OC(=O)c2cccc3ccccc23)cc1. The lowest BCUT2D eigenvalue weighted by Gasteiger charge is -2.14. The van der Waals surface area contributed by atoms with Crippen molar-refractivity contribution in [3.63, 3.8) is 0 Å². The van der Waals surface area contributed by atoms with Gasteiger partial charge in [0.15, 0.2) is 11.9 Å². The third-order valence-corrected chi connectivity index (χ3v) is 4.22. The van der Waals surface area contributed by atoms with E-state index in [4.69, 9.17) is 4.74 Å². The van der Waals surface area contributed by atoms with Crippen molar-refractivity contribution in [1.29, 1.82) is 0 Å². The summed E-state index contributed by atoms with van der Waals surface area (Å²) in [5.74, 6) is -1.05.